The smallest absolute Gasteiger partial charge is 0.174 e. The quantitative estimate of drug-likeness (QED) is 0.683. The lowest BCUT2D eigenvalue weighted by molar-refractivity contribution is 0.0903. The summed E-state index contributed by atoms with van der Waals surface area (Å²) in [6, 6.07) is 16.5. The molecule has 2 aromatic rings. The molecular formula is C17H14O. The van der Waals surface area contributed by atoms with Gasteiger partial charge in [-0.2, -0.15) is 0 Å². The van der Waals surface area contributed by atoms with Gasteiger partial charge in [0.05, 0.1) is 5.41 Å². The molecule has 18 heavy (non-hydrogen) atoms. The summed E-state index contributed by atoms with van der Waals surface area (Å²) in [5, 5.41) is 0. The van der Waals surface area contributed by atoms with Crippen LogP contribution >= 0.6 is 0 Å². The lowest BCUT2D eigenvalue weighted by atomic mass is 9.78. The zero-order valence-electron chi connectivity index (χ0n) is 10.1. The third-order valence-electron chi connectivity index (χ3n) is 4.54. The van der Waals surface area contributed by atoms with Crippen molar-refractivity contribution in [1.82, 2.24) is 0 Å². The van der Waals surface area contributed by atoms with Crippen molar-refractivity contribution in [2.75, 3.05) is 0 Å². The van der Waals surface area contributed by atoms with E-state index in [0.29, 0.717) is 5.78 Å². The van der Waals surface area contributed by atoms with Crippen LogP contribution in [0.25, 0.3) is 0 Å². The predicted molar refractivity (Wildman–Crippen MR) is 70.9 cm³/mol. The van der Waals surface area contributed by atoms with Crippen LogP contribution in [0.3, 0.4) is 0 Å². The number of carbonyl (C=O) groups is 1. The van der Waals surface area contributed by atoms with Crippen LogP contribution in [0.2, 0.25) is 0 Å². The van der Waals surface area contributed by atoms with E-state index >= 15 is 0 Å². The second-order valence-corrected chi connectivity index (χ2v) is 5.40. The van der Waals surface area contributed by atoms with Crippen molar-refractivity contribution in [2.24, 2.45) is 0 Å². The minimum absolute atomic E-state index is 0.250. The minimum Gasteiger partial charge on any atom is -0.293 e. The molecule has 0 aliphatic heterocycles. The Morgan fingerprint density at radius 3 is 2.44 bits per heavy atom. The first kappa shape index (κ1) is 10.1. The summed E-state index contributed by atoms with van der Waals surface area (Å²) < 4.78 is 0. The molecule has 0 heterocycles. The number of aryl methyl sites for hydroxylation is 1. The Labute approximate surface area is 106 Å². The third kappa shape index (κ3) is 1.09. The molecule has 1 unspecified atom stereocenters. The first-order valence-corrected chi connectivity index (χ1v) is 6.52. The van der Waals surface area contributed by atoms with Crippen LogP contribution in [0.15, 0.2) is 48.5 Å². The maximum absolute atomic E-state index is 12.8. The Morgan fingerprint density at radius 1 is 0.889 bits per heavy atom. The largest absolute Gasteiger partial charge is 0.293 e. The highest BCUT2D eigenvalue weighted by Gasteiger charge is 2.49. The van der Waals surface area contributed by atoms with Crippen molar-refractivity contribution in [3.8, 4) is 0 Å². The Morgan fingerprint density at radius 2 is 1.61 bits per heavy atom. The fourth-order valence-corrected chi connectivity index (χ4v) is 3.67. The molecule has 0 saturated carbocycles. The Bertz CT molecular complexity index is 656. The summed E-state index contributed by atoms with van der Waals surface area (Å²) in [5.74, 6) is 0.336. The van der Waals surface area contributed by atoms with Crippen molar-refractivity contribution in [3.63, 3.8) is 0 Å². The van der Waals surface area contributed by atoms with E-state index in [0.717, 1.165) is 24.8 Å². The van der Waals surface area contributed by atoms with Gasteiger partial charge in [-0.25, -0.2) is 0 Å². The van der Waals surface area contributed by atoms with Crippen molar-refractivity contribution in [1.29, 1.82) is 0 Å². The van der Waals surface area contributed by atoms with Gasteiger partial charge in [-0.1, -0.05) is 48.5 Å². The van der Waals surface area contributed by atoms with Crippen molar-refractivity contribution in [2.45, 2.75) is 24.7 Å². The highest BCUT2D eigenvalue weighted by molar-refractivity contribution is 6.09. The zero-order chi connectivity index (χ0) is 12.2. The molecule has 4 rings (SSSR count). The van der Waals surface area contributed by atoms with Crippen LogP contribution in [0.1, 0.15) is 33.5 Å². The predicted octanol–water partition coefficient (Wildman–Crippen LogP) is 3.31. The van der Waals surface area contributed by atoms with Crippen molar-refractivity contribution >= 4 is 5.78 Å². The first-order chi connectivity index (χ1) is 8.81. The van der Waals surface area contributed by atoms with Gasteiger partial charge < -0.3 is 0 Å². The number of ketones is 1. The van der Waals surface area contributed by atoms with E-state index in [-0.39, 0.29) is 5.41 Å². The molecule has 0 fully saturated rings. The Hall–Kier alpha value is -1.89. The molecule has 2 aromatic carbocycles. The van der Waals surface area contributed by atoms with E-state index in [2.05, 4.69) is 30.3 Å². The van der Waals surface area contributed by atoms with E-state index in [1.54, 1.807) is 0 Å². The summed E-state index contributed by atoms with van der Waals surface area (Å²) in [7, 11) is 0. The van der Waals surface area contributed by atoms with Crippen LogP contribution < -0.4 is 0 Å². The molecule has 1 spiro atoms. The van der Waals surface area contributed by atoms with Crippen LogP contribution in [0.5, 0.6) is 0 Å². The molecular weight excluding hydrogens is 220 g/mol. The molecule has 1 atom stereocenters. The Balaban J connectivity index is 1.93. The molecule has 0 saturated heterocycles. The highest BCUT2D eigenvalue weighted by Crippen LogP contribution is 2.48. The lowest BCUT2D eigenvalue weighted by Gasteiger charge is -2.22. The van der Waals surface area contributed by atoms with Crippen LogP contribution in [-0.4, -0.2) is 5.78 Å². The van der Waals surface area contributed by atoms with Gasteiger partial charge in [0.2, 0.25) is 0 Å². The molecule has 1 nitrogen and oxygen atoms in total. The van der Waals surface area contributed by atoms with Crippen LogP contribution in [0, 0.1) is 0 Å². The molecule has 0 aromatic heterocycles. The van der Waals surface area contributed by atoms with E-state index in [1.807, 2.05) is 18.2 Å². The fourth-order valence-electron chi connectivity index (χ4n) is 3.67. The summed E-state index contributed by atoms with van der Waals surface area (Å²) in [5.41, 5.74) is 4.54. The topological polar surface area (TPSA) is 17.1 Å². The SMILES string of the molecule is O=C1c2ccccc2CC12CCc1ccccc12. The molecule has 1 heteroatoms. The summed E-state index contributed by atoms with van der Waals surface area (Å²) in [6.07, 6.45) is 2.90. The highest BCUT2D eigenvalue weighted by atomic mass is 16.1. The van der Waals surface area contributed by atoms with E-state index in [4.69, 9.17) is 0 Å². The number of carbonyl (C=O) groups excluding carboxylic acids is 1. The zero-order valence-corrected chi connectivity index (χ0v) is 10.1. The second-order valence-electron chi connectivity index (χ2n) is 5.40. The molecule has 0 radical (unpaired) electrons. The summed E-state index contributed by atoms with van der Waals surface area (Å²) >= 11 is 0. The van der Waals surface area contributed by atoms with Gasteiger partial charge in [-0.3, -0.25) is 4.79 Å². The molecule has 0 amide bonds. The van der Waals surface area contributed by atoms with E-state index in [1.165, 1.54) is 16.7 Å². The number of benzene rings is 2. The average molecular weight is 234 g/mol. The monoisotopic (exact) mass is 234 g/mol. The molecule has 88 valence electrons. The maximum atomic E-state index is 12.8. The summed E-state index contributed by atoms with van der Waals surface area (Å²) in [6.45, 7) is 0. The number of rotatable bonds is 0. The Kier molecular flexibility index (Phi) is 1.86. The van der Waals surface area contributed by atoms with Gasteiger partial charge in [0.15, 0.2) is 5.78 Å². The van der Waals surface area contributed by atoms with E-state index < -0.39 is 0 Å². The average Bonchev–Trinajstić information content (AvgIpc) is 2.92. The second kappa shape index (κ2) is 3.32. The van der Waals surface area contributed by atoms with Crippen LogP contribution in [0.4, 0.5) is 0 Å². The number of hydrogen-bond donors (Lipinski definition) is 0. The molecule has 0 bridgehead atoms. The standard InChI is InChI=1S/C17H14O/c18-16-14-7-3-1-6-13(14)11-17(16)10-9-12-5-2-4-8-15(12)17/h1-8H,9-11H2. The lowest BCUT2D eigenvalue weighted by Crippen LogP contribution is -2.30. The number of hydrogen-bond acceptors (Lipinski definition) is 1. The third-order valence-corrected chi connectivity index (χ3v) is 4.54. The van der Waals surface area contributed by atoms with Gasteiger partial charge in [-0.05, 0) is 36.0 Å². The molecule has 0 N–H and O–H groups in total. The van der Waals surface area contributed by atoms with Gasteiger partial charge in [0.25, 0.3) is 0 Å². The normalized spacial score (nSPS) is 24.3. The minimum atomic E-state index is -0.250. The fraction of sp³-hybridized carbons (Fsp3) is 0.235. The maximum Gasteiger partial charge on any atom is 0.174 e. The van der Waals surface area contributed by atoms with E-state index in [9.17, 15) is 4.79 Å². The number of fused-ring (bicyclic) bond motifs is 3. The van der Waals surface area contributed by atoms with Gasteiger partial charge in [-0.15, -0.1) is 0 Å². The van der Waals surface area contributed by atoms with Crippen molar-refractivity contribution in [3.05, 3.63) is 70.8 Å². The van der Waals surface area contributed by atoms with Gasteiger partial charge >= 0.3 is 0 Å². The molecule has 2 aliphatic carbocycles. The van der Waals surface area contributed by atoms with Gasteiger partial charge in [0.1, 0.15) is 0 Å². The van der Waals surface area contributed by atoms with Crippen molar-refractivity contribution < 1.29 is 4.79 Å². The van der Waals surface area contributed by atoms with Crippen LogP contribution in [-0.2, 0) is 18.3 Å². The van der Waals surface area contributed by atoms with Gasteiger partial charge in [0, 0.05) is 5.56 Å². The summed E-state index contributed by atoms with van der Waals surface area (Å²) in [4.78, 5) is 12.8. The first-order valence-electron chi connectivity index (χ1n) is 6.52. The number of Topliss-reactive ketones (excluding diaryl/α,β-unsaturated/α-hetero) is 1. The molecule has 2 aliphatic rings.